The van der Waals surface area contributed by atoms with E-state index in [0.29, 0.717) is 16.7 Å². The predicted octanol–water partition coefficient (Wildman–Crippen LogP) is 3.03. The van der Waals surface area contributed by atoms with Gasteiger partial charge >= 0.3 is 6.03 Å². The van der Waals surface area contributed by atoms with Gasteiger partial charge in [-0.05, 0) is 31.2 Å². The van der Waals surface area contributed by atoms with Crippen molar-refractivity contribution in [2.24, 2.45) is 0 Å². The van der Waals surface area contributed by atoms with E-state index in [1.165, 1.54) is 11.3 Å². The first kappa shape index (κ1) is 15.8. The number of nitrogens with zero attached hydrogens (tertiary/aromatic N) is 2. The summed E-state index contributed by atoms with van der Waals surface area (Å²) < 4.78 is 0. The second-order valence-corrected chi connectivity index (χ2v) is 6.57. The molecular formula is C15H15ClN4O2S. The lowest BCUT2D eigenvalue weighted by Crippen LogP contribution is -2.39. The van der Waals surface area contributed by atoms with Crippen molar-refractivity contribution in [3.63, 3.8) is 0 Å². The lowest BCUT2D eigenvalue weighted by atomic mass is 10.2. The molecule has 0 spiro atoms. The molecule has 120 valence electrons. The van der Waals surface area contributed by atoms with Crippen LogP contribution in [-0.2, 0) is 4.79 Å². The monoisotopic (exact) mass is 350 g/mol. The lowest BCUT2D eigenvalue weighted by Gasteiger charge is -2.17. The van der Waals surface area contributed by atoms with Crippen LogP contribution in [0.25, 0.3) is 0 Å². The molecule has 3 amide bonds. The van der Waals surface area contributed by atoms with Crippen LogP contribution < -0.4 is 15.5 Å². The standard InChI is InChI=1S/C15H15ClN4O2S/c1-9-8-23-15(17-9)19-14(22)18-11-6-13(21)20(7-11)12-4-2-10(16)3-5-12/h2-5,8,11H,6-7H2,1H3,(H2,17,18,19,22). The van der Waals surface area contributed by atoms with Gasteiger partial charge in [0.1, 0.15) is 0 Å². The predicted molar refractivity (Wildman–Crippen MR) is 91.2 cm³/mol. The smallest absolute Gasteiger partial charge is 0.321 e. The van der Waals surface area contributed by atoms with Gasteiger partial charge in [-0.1, -0.05) is 11.6 Å². The topological polar surface area (TPSA) is 74.3 Å². The van der Waals surface area contributed by atoms with Crippen LogP contribution in [0.4, 0.5) is 15.6 Å². The van der Waals surface area contributed by atoms with Gasteiger partial charge in [0.05, 0.1) is 11.7 Å². The molecule has 3 rings (SSSR count). The van der Waals surface area contributed by atoms with Gasteiger partial charge in [-0.2, -0.15) is 0 Å². The second-order valence-electron chi connectivity index (χ2n) is 5.27. The van der Waals surface area contributed by atoms with Crippen molar-refractivity contribution in [1.29, 1.82) is 0 Å². The van der Waals surface area contributed by atoms with E-state index in [2.05, 4.69) is 15.6 Å². The fraction of sp³-hybridized carbons (Fsp3) is 0.267. The minimum Gasteiger partial charge on any atom is -0.333 e. The van der Waals surface area contributed by atoms with Gasteiger partial charge in [0.15, 0.2) is 5.13 Å². The van der Waals surface area contributed by atoms with Crippen LogP contribution in [0.3, 0.4) is 0 Å². The summed E-state index contributed by atoms with van der Waals surface area (Å²) in [5.74, 6) is -0.0253. The third-order valence-corrected chi connectivity index (χ3v) is 4.57. The molecule has 1 aliphatic heterocycles. The Kier molecular flexibility index (Phi) is 4.49. The summed E-state index contributed by atoms with van der Waals surface area (Å²) in [7, 11) is 0. The van der Waals surface area contributed by atoms with E-state index >= 15 is 0 Å². The molecule has 2 heterocycles. The Morgan fingerprint density at radius 2 is 2.13 bits per heavy atom. The van der Waals surface area contributed by atoms with Crippen LogP contribution in [0.2, 0.25) is 5.02 Å². The van der Waals surface area contributed by atoms with Gasteiger partial charge in [0.25, 0.3) is 0 Å². The number of halogens is 1. The highest BCUT2D eigenvalue weighted by Crippen LogP contribution is 2.23. The Labute approximate surface area is 142 Å². The third kappa shape index (κ3) is 3.80. The molecule has 1 aromatic heterocycles. The van der Waals surface area contributed by atoms with Gasteiger partial charge < -0.3 is 10.2 Å². The molecule has 1 fully saturated rings. The summed E-state index contributed by atoms with van der Waals surface area (Å²) in [5.41, 5.74) is 1.63. The number of carbonyl (C=O) groups is 2. The number of thiazole rings is 1. The number of hydrogen-bond acceptors (Lipinski definition) is 4. The molecule has 1 aromatic carbocycles. The van der Waals surface area contributed by atoms with Crippen molar-refractivity contribution in [3.05, 3.63) is 40.4 Å². The van der Waals surface area contributed by atoms with E-state index < -0.39 is 0 Å². The molecule has 0 radical (unpaired) electrons. The van der Waals surface area contributed by atoms with Gasteiger partial charge in [0.2, 0.25) is 5.91 Å². The van der Waals surface area contributed by atoms with Crippen LogP contribution >= 0.6 is 22.9 Å². The molecule has 8 heteroatoms. The lowest BCUT2D eigenvalue weighted by molar-refractivity contribution is -0.117. The van der Waals surface area contributed by atoms with Gasteiger partial charge in [-0.3, -0.25) is 10.1 Å². The zero-order valence-electron chi connectivity index (χ0n) is 12.4. The van der Waals surface area contributed by atoms with E-state index in [1.807, 2.05) is 12.3 Å². The summed E-state index contributed by atoms with van der Waals surface area (Å²) in [6.07, 6.45) is 0.271. The summed E-state index contributed by atoms with van der Waals surface area (Å²) in [6, 6.07) is 6.47. The normalized spacial score (nSPS) is 17.4. The molecule has 1 unspecified atom stereocenters. The minimum atomic E-state index is -0.352. The number of benzene rings is 1. The molecule has 0 aliphatic carbocycles. The number of hydrogen-bond donors (Lipinski definition) is 2. The zero-order chi connectivity index (χ0) is 16.4. The average Bonchev–Trinajstić information content (AvgIpc) is 3.06. The van der Waals surface area contributed by atoms with Crippen LogP contribution in [0.1, 0.15) is 12.1 Å². The van der Waals surface area contributed by atoms with Crippen LogP contribution in [-0.4, -0.2) is 29.5 Å². The Balaban J connectivity index is 1.59. The summed E-state index contributed by atoms with van der Waals surface area (Å²) in [5, 5.41) is 8.50. The molecule has 0 bridgehead atoms. The van der Waals surface area contributed by atoms with Crippen LogP contribution in [0.5, 0.6) is 0 Å². The number of amides is 3. The minimum absolute atomic E-state index is 0.0253. The highest BCUT2D eigenvalue weighted by atomic mass is 35.5. The summed E-state index contributed by atoms with van der Waals surface area (Å²) in [6.45, 7) is 2.30. The Morgan fingerprint density at radius 1 is 1.39 bits per heavy atom. The Bertz CT molecular complexity index is 731. The van der Waals surface area contributed by atoms with E-state index in [9.17, 15) is 9.59 Å². The fourth-order valence-corrected chi connectivity index (χ4v) is 3.21. The van der Waals surface area contributed by atoms with Crippen molar-refractivity contribution >= 4 is 45.7 Å². The zero-order valence-corrected chi connectivity index (χ0v) is 13.9. The Hall–Kier alpha value is -2.12. The number of urea groups is 1. The molecule has 1 saturated heterocycles. The number of aromatic nitrogens is 1. The van der Waals surface area contributed by atoms with Gasteiger partial charge in [-0.15, -0.1) is 11.3 Å². The first-order chi connectivity index (χ1) is 11.0. The SMILES string of the molecule is Cc1csc(NC(=O)NC2CC(=O)N(c3ccc(Cl)cc3)C2)n1. The highest BCUT2D eigenvalue weighted by molar-refractivity contribution is 7.13. The summed E-state index contributed by atoms with van der Waals surface area (Å²) in [4.78, 5) is 29.9. The molecule has 1 atom stereocenters. The van der Waals surface area contributed by atoms with Crippen molar-refractivity contribution < 1.29 is 9.59 Å². The Morgan fingerprint density at radius 3 is 2.78 bits per heavy atom. The number of nitrogens with one attached hydrogen (secondary N) is 2. The molecule has 0 saturated carbocycles. The van der Waals surface area contributed by atoms with Gasteiger partial charge in [0, 0.05) is 29.1 Å². The van der Waals surface area contributed by atoms with E-state index in [0.717, 1.165) is 11.4 Å². The van der Waals surface area contributed by atoms with Crippen molar-refractivity contribution in [2.75, 3.05) is 16.8 Å². The molecule has 23 heavy (non-hydrogen) atoms. The van der Waals surface area contributed by atoms with Gasteiger partial charge in [-0.25, -0.2) is 9.78 Å². The number of carbonyl (C=O) groups excluding carboxylic acids is 2. The maximum atomic E-state index is 12.1. The van der Waals surface area contributed by atoms with Crippen molar-refractivity contribution in [1.82, 2.24) is 10.3 Å². The maximum Gasteiger partial charge on any atom is 0.321 e. The second kappa shape index (κ2) is 6.55. The molecule has 2 N–H and O–H groups in total. The number of rotatable bonds is 3. The number of aryl methyl sites for hydroxylation is 1. The van der Waals surface area contributed by atoms with E-state index in [4.69, 9.17) is 11.6 Å². The average molecular weight is 351 g/mol. The van der Waals surface area contributed by atoms with E-state index in [1.54, 1.807) is 29.2 Å². The summed E-state index contributed by atoms with van der Waals surface area (Å²) >= 11 is 7.22. The molecule has 2 aromatic rings. The van der Waals surface area contributed by atoms with Crippen LogP contribution in [0.15, 0.2) is 29.6 Å². The molecule has 1 aliphatic rings. The first-order valence-corrected chi connectivity index (χ1v) is 8.32. The molecular weight excluding hydrogens is 336 g/mol. The maximum absolute atomic E-state index is 12.1. The number of anilines is 2. The quantitative estimate of drug-likeness (QED) is 0.893. The van der Waals surface area contributed by atoms with Crippen LogP contribution in [0, 0.1) is 6.92 Å². The largest absolute Gasteiger partial charge is 0.333 e. The first-order valence-electron chi connectivity index (χ1n) is 7.07. The fourth-order valence-electron chi connectivity index (χ4n) is 2.40. The van der Waals surface area contributed by atoms with E-state index in [-0.39, 0.29) is 24.4 Å². The third-order valence-electron chi connectivity index (χ3n) is 3.44. The molecule has 6 nitrogen and oxygen atoms in total. The van der Waals surface area contributed by atoms with Crippen molar-refractivity contribution in [3.8, 4) is 0 Å². The highest BCUT2D eigenvalue weighted by Gasteiger charge is 2.31. The van der Waals surface area contributed by atoms with Crippen molar-refractivity contribution in [2.45, 2.75) is 19.4 Å².